The zero-order valence-corrected chi connectivity index (χ0v) is 16.9. The average molecular weight is 437 g/mol. The Bertz CT molecular complexity index is 385. The summed E-state index contributed by atoms with van der Waals surface area (Å²) in [5.74, 6) is 1.07. The Morgan fingerprint density at radius 2 is 1.96 bits per heavy atom. The lowest BCUT2D eigenvalue weighted by Gasteiger charge is -2.32. The van der Waals surface area contributed by atoms with Crippen molar-refractivity contribution >= 4 is 29.9 Å². The fourth-order valence-corrected chi connectivity index (χ4v) is 3.55. The maximum absolute atomic E-state index is 5.46. The van der Waals surface area contributed by atoms with Crippen LogP contribution in [0.2, 0.25) is 0 Å². The van der Waals surface area contributed by atoms with Crippen LogP contribution in [0.3, 0.4) is 0 Å². The van der Waals surface area contributed by atoms with Crippen molar-refractivity contribution in [2.24, 2.45) is 4.99 Å². The lowest BCUT2D eigenvalue weighted by Crippen LogP contribution is -2.47. The third-order valence-corrected chi connectivity index (χ3v) is 5.15. The highest BCUT2D eigenvalue weighted by Crippen LogP contribution is 2.24. The number of rotatable bonds is 5. The van der Waals surface area contributed by atoms with E-state index in [1.807, 2.05) is 7.05 Å². The van der Waals surface area contributed by atoms with Gasteiger partial charge in [0.15, 0.2) is 5.96 Å². The summed E-state index contributed by atoms with van der Waals surface area (Å²) in [6.07, 6.45) is 3.99. The number of hydrogen-bond acceptors (Lipinski definition) is 4. The summed E-state index contributed by atoms with van der Waals surface area (Å²) in [7, 11) is 4.13. The van der Waals surface area contributed by atoms with Crippen molar-refractivity contribution in [1.82, 2.24) is 20.0 Å². The number of likely N-dealkylation sites (tertiary alicyclic amines) is 1. The highest BCUT2D eigenvalue weighted by Gasteiger charge is 2.30. The van der Waals surface area contributed by atoms with E-state index >= 15 is 0 Å². The SMILES string of the molecule is CN=C(NCCN(C)C1CC1)N1CCC(N2CCOCC2)C1.I. The van der Waals surface area contributed by atoms with Crippen molar-refractivity contribution in [2.45, 2.75) is 31.3 Å². The van der Waals surface area contributed by atoms with Gasteiger partial charge in [-0.15, -0.1) is 24.0 Å². The molecule has 0 bridgehead atoms. The molecule has 6 nitrogen and oxygen atoms in total. The van der Waals surface area contributed by atoms with Gasteiger partial charge in [0, 0.05) is 58.4 Å². The standard InChI is InChI=1S/C16H31N5O.HI/c1-17-16(18-6-8-19(2)14-3-4-14)21-7-5-15(13-21)20-9-11-22-12-10-20;/h14-15H,3-13H2,1-2H3,(H,17,18);1H. The largest absolute Gasteiger partial charge is 0.379 e. The van der Waals surface area contributed by atoms with E-state index in [-0.39, 0.29) is 24.0 Å². The van der Waals surface area contributed by atoms with Crippen molar-refractivity contribution in [2.75, 3.05) is 66.6 Å². The van der Waals surface area contributed by atoms with E-state index in [2.05, 4.69) is 32.1 Å². The van der Waals surface area contributed by atoms with Crippen LogP contribution in [0.5, 0.6) is 0 Å². The van der Waals surface area contributed by atoms with Crippen LogP contribution < -0.4 is 5.32 Å². The maximum atomic E-state index is 5.46. The van der Waals surface area contributed by atoms with Gasteiger partial charge in [-0.3, -0.25) is 9.89 Å². The molecule has 0 aromatic rings. The Hall–Kier alpha value is -0.120. The second kappa shape index (κ2) is 9.39. The molecule has 2 heterocycles. The van der Waals surface area contributed by atoms with Crippen LogP contribution in [0, 0.1) is 0 Å². The predicted molar refractivity (Wildman–Crippen MR) is 105 cm³/mol. The van der Waals surface area contributed by atoms with Gasteiger partial charge in [0.2, 0.25) is 0 Å². The molecule has 3 aliphatic rings. The van der Waals surface area contributed by atoms with E-state index in [1.54, 1.807) is 0 Å². The molecule has 1 aliphatic carbocycles. The average Bonchev–Trinajstić information content (AvgIpc) is 3.30. The molecule has 0 aromatic heterocycles. The maximum Gasteiger partial charge on any atom is 0.193 e. The molecule has 1 N–H and O–H groups in total. The van der Waals surface area contributed by atoms with Gasteiger partial charge >= 0.3 is 0 Å². The number of nitrogens with one attached hydrogen (secondary N) is 1. The van der Waals surface area contributed by atoms with Crippen LogP contribution in [-0.2, 0) is 4.74 Å². The van der Waals surface area contributed by atoms with Crippen molar-refractivity contribution in [1.29, 1.82) is 0 Å². The van der Waals surface area contributed by atoms with Gasteiger partial charge in [-0.2, -0.15) is 0 Å². The number of halogens is 1. The molecule has 3 fully saturated rings. The van der Waals surface area contributed by atoms with Gasteiger partial charge in [0.1, 0.15) is 0 Å². The number of hydrogen-bond donors (Lipinski definition) is 1. The molecular formula is C16H32IN5O. The fraction of sp³-hybridized carbons (Fsp3) is 0.938. The molecule has 2 aliphatic heterocycles. The van der Waals surface area contributed by atoms with Gasteiger partial charge in [-0.05, 0) is 26.3 Å². The number of ether oxygens (including phenoxy) is 1. The molecule has 3 rings (SSSR count). The zero-order chi connectivity index (χ0) is 15.4. The molecule has 1 unspecified atom stereocenters. The topological polar surface area (TPSA) is 43.3 Å². The summed E-state index contributed by atoms with van der Waals surface area (Å²) in [5, 5.41) is 3.54. The second-order valence-corrected chi connectivity index (χ2v) is 6.72. The van der Waals surface area contributed by atoms with Crippen LogP contribution in [0.15, 0.2) is 4.99 Å². The van der Waals surface area contributed by atoms with Gasteiger partial charge in [-0.1, -0.05) is 0 Å². The van der Waals surface area contributed by atoms with Gasteiger partial charge in [0.05, 0.1) is 13.2 Å². The molecule has 0 amide bonds. The molecule has 134 valence electrons. The Morgan fingerprint density at radius 1 is 1.22 bits per heavy atom. The van der Waals surface area contributed by atoms with Crippen LogP contribution in [0.4, 0.5) is 0 Å². The normalized spacial score (nSPS) is 26.5. The minimum absolute atomic E-state index is 0. The first-order valence-corrected chi connectivity index (χ1v) is 8.75. The summed E-state index contributed by atoms with van der Waals surface area (Å²) >= 11 is 0. The monoisotopic (exact) mass is 437 g/mol. The lowest BCUT2D eigenvalue weighted by molar-refractivity contribution is 0.0195. The Kier molecular flexibility index (Phi) is 7.84. The summed E-state index contributed by atoms with van der Waals surface area (Å²) < 4.78 is 5.46. The molecular weight excluding hydrogens is 405 g/mol. The van der Waals surface area contributed by atoms with E-state index in [4.69, 9.17) is 4.74 Å². The Balaban J connectivity index is 0.00000192. The van der Waals surface area contributed by atoms with Gasteiger partial charge in [-0.25, -0.2) is 0 Å². The van der Waals surface area contributed by atoms with Crippen molar-refractivity contribution in [3.05, 3.63) is 0 Å². The van der Waals surface area contributed by atoms with Crippen molar-refractivity contribution in [3.63, 3.8) is 0 Å². The first-order chi connectivity index (χ1) is 10.8. The number of likely N-dealkylation sites (N-methyl/N-ethyl adjacent to an activating group) is 1. The molecule has 7 heteroatoms. The van der Waals surface area contributed by atoms with Crippen molar-refractivity contribution < 1.29 is 4.74 Å². The van der Waals surface area contributed by atoms with E-state index in [0.29, 0.717) is 6.04 Å². The first-order valence-electron chi connectivity index (χ1n) is 8.75. The molecule has 2 saturated heterocycles. The molecule has 1 saturated carbocycles. The number of morpholine rings is 1. The second-order valence-electron chi connectivity index (χ2n) is 6.72. The van der Waals surface area contributed by atoms with E-state index < -0.39 is 0 Å². The minimum Gasteiger partial charge on any atom is -0.379 e. The first kappa shape index (κ1) is 19.2. The molecule has 0 spiro atoms. The van der Waals surface area contributed by atoms with E-state index in [0.717, 1.165) is 64.5 Å². The lowest BCUT2D eigenvalue weighted by atomic mass is 10.2. The Labute approximate surface area is 157 Å². The van der Waals surface area contributed by atoms with Crippen LogP contribution in [0.1, 0.15) is 19.3 Å². The number of aliphatic imine (C=N–C) groups is 1. The summed E-state index contributed by atoms with van der Waals surface area (Å²) in [5.41, 5.74) is 0. The summed E-state index contributed by atoms with van der Waals surface area (Å²) in [6.45, 7) is 8.22. The minimum atomic E-state index is 0. The smallest absolute Gasteiger partial charge is 0.193 e. The van der Waals surface area contributed by atoms with Crippen LogP contribution in [-0.4, -0.2) is 99.3 Å². The van der Waals surface area contributed by atoms with E-state index in [1.165, 1.54) is 19.3 Å². The summed E-state index contributed by atoms with van der Waals surface area (Å²) in [6, 6.07) is 1.50. The summed E-state index contributed by atoms with van der Waals surface area (Å²) in [4.78, 5) is 11.9. The third-order valence-electron chi connectivity index (χ3n) is 5.15. The predicted octanol–water partition coefficient (Wildman–Crippen LogP) is 0.681. The third kappa shape index (κ3) is 5.44. The van der Waals surface area contributed by atoms with Gasteiger partial charge in [0.25, 0.3) is 0 Å². The van der Waals surface area contributed by atoms with E-state index in [9.17, 15) is 0 Å². The highest BCUT2D eigenvalue weighted by molar-refractivity contribution is 14.0. The molecule has 0 radical (unpaired) electrons. The van der Waals surface area contributed by atoms with Crippen LogP contribution in [0.25, 0.3) is 0 Å². The molecule has 1 atom stereocenters. The van der Waals surface area contributed by atoms with Crippen LogP contribution >= 0.6 is 24.0 Å². The zero-order valence-electron chi connectivity index (χ0n) is 14.5. The molecule has 23 heavy (non-hydrogen) atoms. The number of guanidine groups is 1. The van der Waals surface area contributed by atoms with Gasteiger partial charge < -0.3 is 19.9 Å². The number of nitrogens with zero attached hydrogens (tertiary/aromatic N) is 4. The highest BCUT2D eigenvalue weighted by atomic mass is 127. The molecule has 0 aromatic carbocycles. The van der Waals surface area contributed by atoms with Crippen molar-refractivity contribution in [3.8, 4) is 0 Å². The quantitative estimate of drug-likeness (QED) is 0.390. The Morgan fingerprint density at radius 3 is 2.61 bits per heavy atom. The fourth-order valence-electron chi connectivity index (χ4n) is 3.55.